The maximum Gasteiger partial charge on any atom is 0.320 e. The van der Waals surface area contributed by atoms with Gasteiger partial charge in [0.2, 0.25) is 0 Å². The largest absolute Gasteiger partial charge is 0.334 e. The molecule has 0 aliphatic heterocycles. The average molecular weight is 374 g/mol. The van der Waals surface area contributed by atoms with Crippen molar-refractivity contribution in [1.82, 2.24) is 14.5 Å². The Morgan fingerprint density at radius 1 is 1.26 bits per heavy atom. The fraction of sp³-hybridized carbons (Fsp3) is 0.222. The van der Waals surface area contributed by atoms with Crippen LogP contribution in [0.5, 0.6) is 0 Å². The number of alkyl halides is 2. The van der Waals surface area contributed by atoms with Gasteiger partial charge in [0.15, 0.2) is 0 Å². The smallest absolute Gasteiger partial charge is 0.320 e. The van der Waals surface area contributed by atoms with E-state index in [1.807, 2.05) is 0 Å². The molecule has 0 aliphatic rings. The number of hydrogen-bond donors (Lipinski definition) is 0. The van der Waals surface area contributed by atoms with Crippen LogP contribution in [0.2, 0.25) is 0 Å². The topological polar surface area (TPSA) is 81.3 Å². The van der Waals surface area contributed by atoms with Crippen LogP contribution < -0.4 is 0 Å². The number of fused-ring (bicyclic) bond motifs is 1. The third-order valence-corrected chi connectivity index (χ3v) is 4.24. The summed E-state index contributed by atoms with van der Waals surface area (Å²) >= 11 is 0. The number of halogens is 2. The van der Waals surface area contributed by atoms with Crippen LogP contribution in [0.4, 0.5) is 14.5 Å². The van der Waals surface area contributed by atoms with Crippen LogP contribution >= 0.6 is 0 Å². The lowest BCUT2D eigenvalue weighted by Gasteiger charge is -2.18. The molecule has 0 bridgehead atoms. The van der Waals surface area contributed by atoms with Gasteiger partial charge in [-0.25, -0.2) is 4.98 Å². The highest BCUT2D eigenvalue weighted by atomic mass is 19.3. The first-order chi connectivity index (χ1) is 12.8. The van der Waals surface area contributed by atoms with E-state index in [0.717, 1.165) is 9.47 Å². The maximum atomic E-state index is 13.5. The predicted molar refractivity (Wildman–Crippen MR) is 94.6 cm³/mol. The molecule has 9 heteroatoms. The summed E-state index contributed by atoms with van der Waals surface area (Å²) in [6, 6.07) is 10.8. The summed E-state index contributed by atoms with van der Waals surface area (Å²) in [6.07, 6.45) is 0. The molecule has 27 heavy (non-hydrogen) atoms. The fourth-order valence-electron chi connectivity index (χ4n) is 2.99. The van der Waals surface area contributed by atoms with E-state index in [1.54, 1.807) is 18.2 Å². The van der Waals surface area contributed by atoms with E-state index in [1.165, 1.54) is 38.2 Å². The molecule has 7 nitrogen and oxygen atoms in total. The van der Waals surface area contributed by atoms with E-state index in [9.17, 15) is 23.7 Å². The van der Waals surface area contributed by atoms with E-state index < -0.39 is 17.4 Å². The Labute approximate surface area is 153 Å². The van der Waals surface area contributed by atoms with E-state index in [4.69, 9.17) is 0 Å². The van der Waals surface area contributed by atoms with E-state index in [0.29, 0.717) is 11.1 Å². The highest BCUT2D eigenvalue weighted by Crippen LogP contribution is 2.26. The molecular weight excluding hydrogens is 358 g/mol. The molecule has 0 unspecified atom stereocenters. The van der Waals surface area contributed by atoms with Crippen molar-refractivity contribution in [1.29, 1.82) is 0 Å². The highest BCUT2D eigenvalue weighted by molar-refractivity contribution is 5.98. The lowest BCUT2D eigenvalue weighted by molar-refractivity contribution is -0.385. The molecule has 0 saturated heterocycles. The van der Waals surface area contributed by atoms with Crippen LogP contribution in [0.25, 0.3) is 11.0 Å². The highest BCUT2D eigenvalue weighted by Gasteiger charge is 2.26. The minimum absolute atomic E-state index is 0.00245. The molecule has 0 atom stereocenters. The van der Waals surface area contributed by atoms with E-state index in [2.05, 4.69) is 4.98 Å². The second-order valence-corrected chi connectivity index (χ2v) is 6.05. The van der Waals surface area contributed by atoms with E-state index in [-0.39, 0.29) is 29.1 Å². The number of amides is 1. The van der Waals surface area contributed by atoms with Gasteiger partial charge in [-0.15, -0.1) is 0 Å². The first kappa shape index (κ1) is 18.4. The molecule has 1 amide bonds. The predicted octanol–water partition coefficient (Wildman–Crippen LogP) is 3.92. The minimum atomic E-state index is -2.83. The van der Waals surface area contributed by atoms with Crippen molar-refractivity contribution in [3.05, 3.63) is 69.5 Å². The molecule has 1 aromatic heterocycles. The van der Waals surface area contributed by atoms with Gasteiger partial charge >= 0.3 is 6.55 Å². The zero-order valence-corrected chi connectivity index (χ0v) is 14.6. The van der Waals surface area contributed by atoms with Crippen molar-refractivity contribution < 1.29 is 18.5 Å². The number of nitro groups is 1. The number of hydrogen-bond acceptors (Lipinski definition) is 4. The monoisotopic (exact) mass is 374 g/mol. The number of benzene rings is 2. The number of imidazole rings is 1. The molecule has 1 heterocycles. The van der Waals surface area contributed by atoms with Gasteiger partial charge in [-0.05, 0) is 25.1 Å². The van der Waals surface area contributed by atoms with Crippen LogP contribution in [-0.2, 0) is 6.54 Å². The van der Waals surface area contributed by atoms with Crippen molar-refractivity contribution >= 4 is 22.6 Å². The molecule has 2 aromatic carbocycles. The van der Waals surface area contributed by atoms with Gasteiger partial charge < -0.3 is 4.90 Å². The van der Waals surface area contributed by atoms with Crippen LogP contribution in [0.3, 0.4) is 0 Å². The van der Waals surface area contributed by atoms with Gasteiger partial charge in [-0.1, -0.05) is 24.3 Å². The first-order valence-electron chi connectivity index (χ1n) is 8.04. The molecule has 0 fully saturated rings. The first-order valence-corrected chi connectivity index (χ1v) is 8.04. The summed E-state index contributed by atoms with van der Waals surface area (Å²) in [6.45, 7) is -1.52. The Morgan fingerprint density at radius 3 is 2.63 bits per heavy atom. The Balaban J connectivity index is 1.97. The Morgan fingerprint density at radius 2 is 1.96 bits per heavy atom. The fourth-order valence-corrected chi connectivity index (χ4v) is 2.99. The summed E-state index contributed by atoms with van der Waals surface area (Å²) < 4.78 is 27.8. The summed E-state index contributed by atoms with van der Waals surface area (Å²) in [5, 5.41) is 11.3. The third-order valence-electron chi connectivity index (χ3n) is 4.24. The molecule has 0 N–H and O–H groups in total. The number of carbonyl (C=O) groups excluding carboxylic acids is 1. The molecule has 0 aliphatic carbocycles. The second-order valence-electron chi connectivity index (χ2n) is 6.05. The normalized spacial score (nSPS) is 11.1. The summed E-state index contributed by atoms with van der Waals surface area (Å²) in [5.74, 6) is -0.643. The number of rotatable bonds is 5. The van der Waals surface area contributed by atoms with Crippen LogP contribution in [0, 0.1) is 17.0 Å². The average Bonchev–Trinajstić information content (AvgIpc) is 2.98. The summed E-state index contributed by atoms with van der Waals surface area (Å²) in [7, 11) is 1.39. The van der Waals surface area contributed by atoms with Gasteiger partial charge in [-0.2, -0.15) is 8.78 Å². The van der Waals surface area contributed by atoms with Crippen molar-refractivity contribution in [3.63, 3.8) is 0 Å². The molecule has 0 saturated carbocycles. The number of carbonyl (C=O) groups is 1. The summed E-state index contributed by atoms with van der Waals surface area (Å²) in [5.41, 5.74) is 0.595. The minimum Gasteiger partial charge on any atom is -0.334 e. The number of nitrogens with zero attached hydrogens (tertiary/aromatic N) is 4. The molecular formula is C18H16F2N4O3. The quantitative estimate of drug-likeness (QED) is 0.501. The third kappa shape index (κ3) is 3.35. The zero-order chi connectivity index (χ0) is 19.7. The lowest BCUT2D eigenvalue weighted by Crippen LogP contribution is -2.28. The Hall–Kier alpha value is -3.36. The van der Waals surface area contributed by atoms with Crippen molar-refractivity contribution in [2.45, 2.75) is 20.0 Å². The lowest BCUT2D eigenvalue weighted by atomic mass is 10.1. The molecule has 3 aromatic rings. The number of nitro benzene ring substituents is 1. The Bertz CT molecular complexity index is 1030. The second kappa shape index (κ2) is 7.10. The number of aromatic nitrogens is 2. The number of para-hydroxylation sites is 3. The van der Waals surface area contributed by atoms with Gasteiger partial charge in [0.1, 0.15) is 11.4 Å². The van der Waals surface area contributed by atoms with E-state index >= 15 is 0 Å². The van der Waals surface area contributed by atoms with Crippen LogP contribution in [0.1, 0.15) is 28.3 Å². The molecule has 0 radical (unpaired) electrons. The van der Waals surface area contributed by atoms with Gasteiger partial charge in [-0.3, -0.25) is 19.5 Å². The van der Waals surface area contributed by atoms with Crippen molar-refractivity contribution in [3.8, 4) is 0 Å². The Kier molecular flexibility index (Phi) is 4.85. The molecule has 0 spiro atoms. The standard InChI is InChI=1S/C18H16F2N4O3/c1-11-6-5-7-12(16(11)24(26)27)17(25)22(2)10-15-21-13-8-3-4-9-14(13)23(15)18(19)20/h3-9,18H,10H2,1-2H3. The maximum absolute atomic E-state index is 13.5. The van der Waals surface area contributed by atoms with Gasteiger partial charge in [0, 0.05) is 12.6 Å². The molecule has 140 valence electrons. The van der Waals surface area contributed by atoms with Crippen molar-refractivity contribution in [2.75, 3.05) is 7.05 Å². The SMILES string of the molecule is Cc1cccc(C(=O)N(C)Cc2nc3ccccc3n2C(F)F)c1[N+](=O)[O-]. The van der Waals surface area contributed by atoms with Gasteiger partial charge in [0.25, 0.3) is 11.6 Å². The van der Waals surface area contributed by atoms with Crippen LogP contribution in [0.15, 0.2) is 42.5 Å². The summed E-state index contributed by atoms with van der Waals surface area (Å²) in [4.78, 5) is 28.7. The zero-order valence-electron chi connectivity index (χ0n) is 14.6. The van der Waals surface area contributed by atoms with Gasteiger partial charge in [0.05, 0.1) is 22.5 Å². The molecule has 3 rings (SSSR count). The van der Waals surface area contributed by atoms with Crippen molar-refractivity contribution in [2.24, 2.45) is 0 Å². The number of aryl methyl sites for hydroxylation is 1. The van der Waals surface area contributed by atoms with Crippen LogP contribution in [-0.4, -0.2) is 32.3 Å².